The summed E-state index contributed by atoms with van der Waals surface area (Å²) in [6.45, 7) is 2.30. The molecule has 1 amide bonds. The van der Waals surface area contributed by atoms with Crippen LogP contribution in [0.4, 0.5) is 11.4 Å². The lowest BCUT2D eigenvalue weighted by molar-refractivity contribution is -0.384. The third-order valence-corrected chi connectivity index (χ3v) is 4.34. The Balaban J connectivity index is 1.52. The largest absolute Gasteiger partial charge is 0.457 e. The van der Waals surface area contributed by atoms with Crippen molar-refractivity contribution in [2.24, 2.45) is 0 Å². The molecule has 0 bridgehead atoms. The molecule has 0 saturated carbocycles. The number of nitrogens with zero attached hydrogens (tertiary/aromatic N) is 5. The summed E-state index contributed by atoms with van der Waals surface area (Å²) in [7, 11) is 0. The van der Waals surface area contributed by atoms with Crippen LogP contribution in [0.15, 0.2) is 73.2 Å². The Labute approximate surface area is 176 Å². The number of nitrogens with one attached hydrogen (secondary N) is 1. The van der Waals surface area contributed by atoms with Crippen LogP contribution in [0.1, 0.15) is 16.1 Å². The van der Waals surface area contributed by atoms with E-state index in [4.69, 9.17) is 4.74 Å². The number of non-ortho nitro benzene ring substituents is 1. The van der Waals surface area contributed by atoms with Gasteiger partial charge < -0.3 is 10.1 Å². The molecule has 4 aromatic rings. The number of anilines is 1. The summed E-state index contributed by atoms with van der Waals surface area (Å²) in [4.78, 5) is 23.4. The third-order valence-electron chi connectivity index (χ3n) is 4.34. The first-order chi connectivity index (χ1) is 15.0. The minimum absolute atomic E-state index is 0.166. The second kappa shape index (κ2) is 8.49. The first-order valence-corrected chi connectivity index (χ1v) is 9.32. The van der Waals surface area contributed by atoms with Gasteiger partial charge in [0.25, 0.3) is 11.6 Å². The van der Waals surface area contributed by atoms with Gasteiger partial charge in [0.1, 0.15) is 18.2 Å². The predicted octanol–water partition coefficient (Wildman–Crippen LogP) is 3.85. The van der Waals surface area contributed by atoms with Crippen LogP contribution >= 0.6 is 0 Å². The molecule has 0 unspecified atom stereocenters. The van der Waals surface area contributed by atoms with Gasteiger partial charge >= 0.3 is 0 Å². The Morgan fingerprint density at radius 3 is 2.61 bits per heavy atom. The monoisotopic (exact) mass is 418 g/mol. The second-order valence-corrected chi connectivity index (χ2v) is 6.77. The van der Waals surface area contributed by atoms with E-state index in [1.165, 1.54) is 18.2 Å². The van der Waals surface area contributed by atoms with Gasteiger partial charge in [0.2, 0.25) is 0 Å². The molecular formula is C21H18N6O4. The number of ether oxygens (including phenoxy) is 1. The molecule has 31 heavy (non-hydrogen) atoms. The highest BCUT2D eigenvalue weighted by Crippen LogP contribution is 2.30. The van der Waals surface area contributed by atoms with Crippen LogP contribution in [0.5, 0.6) is 11.5 Å². The fourth-order valence-electron chi connectivity index (χ4n) is 2.85. The Hall–Kier alpha value is -4.47. The molecule has 0 saturated heterocycles. The van der Waals surface area contributed by atoms with Crippen molar-refractivity contribution in [3.8, 4) is 11.5 Å². The zero-order valence-electron chi connectivity index (χ0n) is 16.5. The van der Waals surface area contributed by atoms with Gasteiger partial charge in [-0.2, -0.15) is 10.2 Å². The fraction of sp³-hybridized carbons (Fsp3) is 0.0952. The Morgan fingerprint density at radius 2 is 1.90 bits per heavy atom. The normalized spacial score (nSPS) is 10.6. The molecule has 4 rings (SSSR count). The number of nitro groups is 1. The summed E-state index contributed by atoms with van der Waals surface area (Å²) in [5.41, 5.74) is 1.25. The van der Waals surface area contributed by atoms with Crippen molar-refractivity contribution in [3.63, 3.8) is 0 Å². The van der Waals surface area contributed by atoms with Gasteiger partial charge in [-0.1, -0.05) is 17.7 Å². The lowest BCUT2D eigenvalue weighted by Crippen LogP contribution is -2.15. The summed E-state index contributed by atoms with van der Waals surface area (Å²) in [6, 6.07) is 14.7. The van der Waals surface area contributed by atoms with Crippen molar-refractivity contribution in [2.45, 2.75) is 13.6 Å². The fourth-order valence-corrected chi connectivity index (χ4v) is 2.85. The van der Waals surface area contributed by atoms with Gasteiger partial charge in [-0.25, -0.2) is 0 Å². The van der Waals surface area contributed by atoms with Gasteiger partial charge in [-0.15, -0.1) is 0 Å². The topological polar surface area (TPSA) is 117 Å². The Bertz CT molecular complexity index is 1220. The maximum atomic E-state index is 12.6. The molecule has 0 atom stereocenters. The SMILES string of the molecule is Cc1ccc(Oc2cc(NC(=O)c3ccn(Cn4cccn4)n3)cc([N+](=O)[O-])c2)cc1. The van der Waals surface area contributed by atoms with Gasteiger partial charge in [-0.3, -0.25) is 24.3 Å². The number of aryl methyl sites for hydroxylation is 1. The molecule has 156 valence electrons. The van der Waals surface area contributed by atoms with E-state index in [-0.39, 0.29) is 22.8 Å². The molecule has 10 heteroatoms. The van der Waals surface area contributed by atoms with Crippen LogP contribution in [0.2, 0.25) is 0 Å². The van der Waals surface area contributed by atoms with Crippen molar-refractivity contribution in [2.75, 3.05) is 5.32 Å². The maximum Gasteiger partial charge on any atom is 0.276 e. The smallest absolute Gasteiger partial charge is 0.276 e. The van der Waals surface area contributed by atoms with Crippen LogP contribution in [-0.4, -0.2) is 30.4 Å². The molecule has 0 spiro atoms. The minimum Gasteiger partial charge on any atom is -0.457 e. The average molecular weight is 418 g/mol. The van der Waals surface area contributed by atoms with Crippen LogP contribution < -0.4 is 10.1 Å². The number of rotatable bonds is 7. The number of hydrogen-bond acceptors (Lipinski definition) is 6. The zero-order chi connectivity index (χ0) is 21.8. The highest BCUT2D eigenvalue weighted by molar-refractivity contribution is 6.03. The van der Waals surface area contributed by atoms with Crippen molar-refractivity contribution in [3.05, 3.63) is 94.6 Å². The molecule has 2 aromatic heterocycles. The van der Waals surface area contributed by atoms with Gasteiger partial charge in [0.15, 0.2) is 5.69 Å². The van der Waals surface area contributed by atoms with Gasteiger partial charge in [0, 0.05) is 30.7 Å². The summed E-state index contributed by atoms with van der Waals surface area (Å²) in [5, 5.41) is 22.3. The molecule has 1 N–H and O–H groups in total. The molecular weight excluding hydrogens is 400 g/mol. The standard InChI is InChI=1S/C21H18N6O4/c1-15-3-5-18(6-4-15)31-19-12-16(11-17(13-19)27(29)30)23-21(28)20-7-10-26(24-20)14-25-9-2-8-22-25/h2-13H,14H2,1H3,(H,23,28). The van der Waals surface area contributed by atoms with E-state index in [0.717, 1.165) is 5.56 Å². The zero-order valence-corrected chi connectivity index (χ0v) is 16.5. The van der Waals surface area contributed by atoms with Crippen LogP contribution in [0.25, 0.3) is 0 Å². The van der Waals surface area contributed by atoms with Crippen LogP contribution in [-0.2, 0) is 6.67 Å². The van der Waals surface area contributed by atoms with E-state index in [1.54, 1.807) is 52.2 Å². The van der Waals surface area contributed by atoms with Crippen molar-refractivity contribution >= 4 is 17.3 Å². The number of hydrogen-bond donors (Lipinski definition) is 1. The van der Waals surface area contributed by atoms with Crippen molar-refractivity contribution in [1.29, 1.82) is 0 Å². The quantitative estimate of drug-likeness (QED) is 0.360. The van der Waals surface area contributed by atoms with Gasteiger partial charge in [0.05, 0.1) is 16.7 Å². The summed E-state index contributed by atoms with van der Waals surface area (Å²) < 4.78 is 8.94. The third kappa shape index (κ3) is 4.93. The van der Waals surface area contributed by atoms with E-state index in [1.807, 2.05) is 19.1 Å². The highest BCUT2D eigenvalue weighted by Gasteiger charge is 2.15. The predicted molar refractivity (Wildman–Crippen MR) is 112 cm³/mol. The summed E-state index contributed by atoms with van der Waals surface area (Å²) in [6.07, 6.45) is 5.08. The van der Waals surface area contributed by atoms with E-state index >= 15 is 0 Å². The Morgan fingerprint density at radius 1 is 1.10 bits per heavy atom. The second-order valence-electron chi connectivity index (χ2n) is 6.77. The van der Waals surface area contributed by atoms with Gasteiger partial charge in [-0.05, 0) is 31.2 Å². The average Bonchev–Trinajstić information content (AvgIpc) is 3.42. The number of carbonyl (C=O) groups is 1. The minimum atomic E-state index is -0.545. The van der Waals surface area contributed by atoms with E-state index < -0.39 is 10.8 Å². The summed E-state index contributed by atoms with van der Waals surface area (Å²) >= 11 is 0. The van der Waals surface area contributed by atoms with Crippen LogP contribution in [0.3, 0.4) is 0 Å². The molecule has 2 aromatic carbocycles. The molecule has 2 heterocycles. The lowest BCUT2D eigenvalue weighted by atomic mass is 10.2. The molecule has 0 aliphatic carbocycles. The first kappa shape index (κ1) is 19.8. The number of nitro benzene ring substituents is 1. The van der Waals surface area contributed by atoms with E-state index in [9.17, 15) is 14.9 Å². The van der Waals surface area contributed by atoms with Crippen molar-refractivity contribution < 1.29 is 14.5 Å². The lowest BCUT2D eigenvalue weighted by Gasteiger charge is -2.09. The number of amides is 1. The molecule has 0 radical (unpaired) electrons. The highest BCUT2D eigenvalue weighted by atomic mass is 16.6. The van der Waals surface area contributed by atoms with E-state index in [2.05, 4.69) is 15.5 Å². The van der Waals surface area contributed by atoms with Crippen molar-refractivity contribution in [1.82, 2.24) is 19.6 Å². The molecule has 0 aliphatic heterocycles. The van der Waals surface area contributed by atoms with E-state index in [0.29, 0.717) is 12.4 Å². The summed E-state index contributed by atoms with van der Waals surface area (Å²) in [5.74, 6) is 0.263. The first-order valence-electron chi connectivity index (χ1n) is 9.32. The molecule has 0 fully saturated rings. The maximum absolute atomic E-state index is 12.6. The number of carbonyl (C=O) groups excluding carboxylic acids is 1. The Kier molecular flexibility index (Phi) is 5.43. The van der Waals surface area contributed by atoms with Crippen LogP contribution in [0, 0.1) is 17.0 Å². The molecule has 10 nitrogen and oxygen atoms in total. The molecule has 0 aliphatic rings. The number of aromatic nitrogens is 4. The number of benzene rings is 2.